The van der Waals surface area contributed by atoms with Crippen molar-refractivity contribution in [2.75, 3.05) is 5.43 Å². The number of hydrazone groups is 1. The fourth-order valence-corrected chi connectivity index (χ4v) is 1.77. The zero-order chi connectivity index (χ0) is 15.0. The van der Waals surface area contributed by atoms with Crippen LogP contribution in [0.3, 0.4) is 0 Å². The molecule has 0 radical (unpaired) electrons. The second kappa shape index (κ2) is 6.99. The van der Waals surface area contributed by atoms with Gasteiger partial charge in [0.05, 0.1) is 18.1 Å². The number of rotatable bonds is 5. The average molecular weight is 290 g/mol. The summed E-state index contributed by atoms with van der Waals surface area (Å²) in [6.45, 7) is 0. The maximum atomic E-state index is 5.57. The lowest BCUT2D eigenvalue weighted by Crippen LogP contribution is -1.91. The third-order valence-electron chi connectivity index (χ3n) is 2.82. The Labute approximate surface area is 128 Å². The molecule has 0 saturated heterocycles. The molecule has 1 N–H and O–H groups in total. The van der Waals surface area contributed by atoms with Gasteiger partial charge in [0, 0.05) is 12.4 Å². The van der Waals surface area contributed by atoms with Crippen LogP contribution in [0.2, 0.25) is 0 Å². The van der Waals surface area contributed by atoms with Crippen LogP contribution in [0.1, 0.15) is 5.56 Å². The van der Waals surface area contributed by atoms with Crippen molar-refractivity contribution in [2.45, 2.75) is 0 Å². The highest BCUT2D eigenvalue weighted by atomic mass is 16.5. The van der Waals surface area contributed by atoms with E-state index in [1.807, 2.05) is 54.6 Å². The third-order valence-corrected chi connectivity index (χ3v) is 2.82. The Kier molecular flexibility index (Phi) is 4.37. The van der Waals surface area contributed by atoms with Gasteiger partial charge < -0.3 is 4.74 Å². The smallest absolute Gasteiger partial charge is 0.237 e. The van der Waals surface area contributed by atoms with Gasteiger partial charge in [0.25, 0.3) is 0 Å². The number of nitrogens with zero attached hydrogens (tertiary/aromatic N) is 3. The van der Waals surface area contributed by atoms with Crippen molar-refractivity contribution >= 4 is 11.9 Å². The van der Waals surface area contributed by atoms with Crippen LogP contribution in [0.15, 0.2) is 78.3 Å². The van der Waals surface area contributed by atoms with E-state index in [0.717, 1.165) is 11.3 Å². The molecule has 1 aromatic heterocycles. The minimum absolute atomic E-state index is 0.467. The highest BCUT2D eigenvalue weighted by Gasteiger charge is 1.97. The molecule has 0 bridgehead atoms. The van der Waals surface area contributed by atoms with E-state index < -0.39 is 0 Å². The molecule has 3 aromatic rings. The van der Waals surface area contributed by atoms with Crippen LogP contribution in [-0.2, 0) is 0 Å². The van der Waals surface area contributed by atoms with Crippen LogP contribution < -0.4 is 10.2 Å². The number of aromatic nitrogens is 2. The van der Waals surface area contributed by atoms with E-state index >= 15 is 0 Å². The van der Waals surface area contributed by atoms with Crippen LogP contribution in [-0.4, -0.2) is 16.2 Å². The van der Waals surface area contributed by atoms with Crippen molar-refractivity contribution in [1.82, 2.24) is 9.97 Å². The second-order valence-electron chi connectivity index (χ2n) is 4.45. The number of para-hydroxylation sites is 1. The minimum atomic E-state index is 0.467. The Morgan fingerprint density at radius 1 is 0.955 bits per heavy atom. The van der Waals surface area contributed by atoms with Gasteiger partial charge in [-0.1, -0.05) is 18.2 Å². The minimum Gasteiger partial charge on any atom is -0.438 e. The van der Waals surface area contributed by atoms with Gasteiger partial charge >= 0.3 is 0 Å². The molecular weight excluding hydrogens is 276 g/mol. The number of hydrogen-bond donors (Lipinski definition) is 1. The Hall–Kier alpha value is -3.21. The first-order valence-corrected chi connectivity index (χ1v) is 6.78. The predicted molar refractivity (Wildman–Crippen MR) is 86.2 cm³/mol. The van der Waals surface area contributed by atoms with Gasteiger partial charge in [-0.05, 0) is 42.0 Å². The van der Waals surface area contributed by atoms with E-state index in [1.54, 1.807) is 24.8 Å². The number of ether oxygens (including phenoxy) is 1. The van der Waals surface area contributed by atoms with Gasteiger partial charge in [0.15, 0.2) is 0 Å². The number of hydrogen-bond acceptors (Lipinski definition) is 5. The second-order valence-corrected chi connectivity index (χ2v) is 4.45. The lowest BCUT2D eigenvalue weighted by Gasteiger charge is -2.03. The molecule has 0 atom stereocenters. The molecule has 5 nitrogen and oxygen atoms in total. The van der Waals surface area contributed by atoms with E-state index in [0.29, 0.717) is 11.6 Å². The summed E-state index contributed by atoms with van der Waals surface area (Å²) >= 11 is 0. The van der Waals surface area contributed by atoms with Gasteiger partial charge in [0.1, 0.15) is 5.75 Å². The Morgan fingerprint density at radius 2 is 1.77 bits per heavy atom. The summed E-state index contributed by atoms with van der Waals surface area (Å²) in [6, 6.07) is 17.3. The molecule has 0 spiro atoms. The third kappa shape index (κ3) is 3.89. The first-order chi connectivity index (χ1) is 10.9. The SMILES string of the molecule is C(=NNc1ccccc1)c1ccc(Oc2cnccn2)cc1. The van der Waals surface area contributed by atoms with Crippen LogP contribution in [0.5, 0.6) is 11.6 Å². The molecule has 0 unspecified atom stereocenters. The maximum Gasteiger partial charge on any atom is 0.237 e. The van der Waals surface area contributed by atoms with Gasteiger partial charge in [-0.25, -0.2) is 4.98 Å². The summed E-state index contributed by atoms with van der Waals surface area (Å²) in [5.74, 6) is 1.17. The molecule has 22 heavy (non-hydrogen) atoms. The summed E-state index contributed by atoms with van der Waals surface area (Å²) in [4.78, 5) is 8.01. The average Bonchev–Trinajstić information content (AvgIpc) is 2.58. The monoisotopic (exact) mass is 290 g/mol. The Bertz CT molecular complexity index is 728. The topological polar surface area (TPSA) is 59.4 Å². The molecule has 2 aromatic carbocycles. The van der Waals surface area contributed by atoms with Crippen LogP contribution in [0, 0.1) is 0 Å². The molecule has 108 valence electrons. The van der Waals surface area contributed by atoms with Crippen LogP contribution in [0.4, 0.5) is 5.69 Å². The first-order valence-electron chi connectivity index (χ1n) is 6.78. The summed E-state index contributed by atoms with van der Waals surface area (Å²) in [5, 5.41) is 4.19. The van der Waals surface area contributed by atoms with E-state index in [-0.39, 0.29) is 0 Å². The normalized spacial score (nSPS) is 10.5. The standard InChI is InChI=1S/C17H14N4O/c1-2-4-15(5-3-1)21-20-12-14-6-8-16(9-7-14)22-17-13-18-10-11-19-17/h1-13,21H. The molecule has 0 aliphatic carbocycles. The highest BCUT2D eigenvalue weighted by Crippen LogP contribution is 2.18. The number of benzene rings is 2. The molecule has 0 fully saturated rings. The molecule has 5 heteroatoms. The fraction of sp³-hybridized carbons (Fsp3) is 0. The Morgan fingerprint density at radius 3 is 2.50 bits per heavy atom. The van der Waals surface area contributed by atoms with Crippen molar-refractivity contribution in [3.63, 3.8) is 0 Å². The summed E-state index contributed by atoms with van der Waals surface area (Å²) in [6.07, 6.45) is 6.51. The zero-order valence-corrected chi connectivity index (χ0v) is 11.8. The lowest BCUT2D eigenvalue weighted by molar-refractivity contribution is 0.460. The van der Waals surface area contributed by atoms with Crippen LogP contribution >= 0.6 is 0 Å². The lowest BCUT2D eigenvalue weighted by atomic mass is 10.2. The van der Waals surface area contributed by atoms with Crippen molar-refractivity contribution in [2.24, 2.45) is 5.10 Å². The Balaban J connectivity index is 1.59. The van der Waals surface area contributed by atoms with Crippen molar-refractivity contribution in [1.29, 1.82) is 0 Å². The van der Waals surface area contributed by atoms with Crippen molar-refractivity contribution < 1.29 is 4.74 Å². The molecule has 0 aliphatic rings. The van der Waals surface area contributed by atoms with E-state index in [4.69, 9.17) is 4.74 Å². The molecule has 0 aliphatic heterocycles. The largest absolute Gasteiger partial charge is 0.438 e. The first kappa shape index (κ1) is 13.8. The van der Waals surface area contributed by atoms with Gasteiger partial charge in [-0.2, -0.15) is 5.10 Å². The predicted octanol–water partition coefficient (Wildman–Crippen LogP) is 3.71. The van der Waals surface area contributed by atoms with Crippen LogP contribution in [0.25, 0.3) is 0 Å². The van der Waals surface area contributed by atoms with E-state index in [2.05, 4.69) is 20.5 Å². The van der Waals surface area contributed by atoms with Gasteiger partial charge in [-0.15, -0.1) is 0 Å². The number of anilines is 1. The fourth-order valence-electron chi connectivity index (χ4n) is 1.77. The van der Waals surface area contributed by atoms with Crippen molar-refractivity contribution in [3.05, 3.63) is 78.8 Å². The molecule has 0 saturated carbocycles. The maximum absolute atomic E-state index is 5.57. The quantitative estimate of drug-likeness (QED) is 0.575. The van der Waals surface area contributed by atoms with Crippen molar-refractivity contribution in [3.8, 4) is 11.6 Å². The van der Waals surface area contributed by atoms with E-state index in [9.17, 15) is 0 Å². The zero-order valence-electron chi connectivity index (χ0n) is 11.8. The summed E-state index contributed by atoms with van der Waals surface area (Å²) in [5.41, 5.74) is 4.88. The van der Waals surface area contributed by atoms with Gasteiger partial charge in [0.2, 0.25) is 5.88 Å². The molecule has 3 rings (SSSR count). The summed E-state index contributed by atoms with van der Waals surface area (Å²) < 4.78 is 5.57. The number of nitrogens with one attached hydrogen (secondary N) is 1. The highest BCUT2D eigenvalue weighted by molar-refractivity contribution is 5.80. The molecule has 0 amide bonds. The van der Waals surface area contributed by atoms with Gasteiger partial charge in [-0.3, -0.25) is 10.4 Å². The molecular formula is C17H14N4O. The molecule has 1 heterocycles. The van der Waals surface area contributed by atoms with E-state index in [1.165, 1.54) is 0 Å². The summed E-state index contributed by atoms with van der Waals surface area (Å²) in [7, 11) is 0.